The van der Waals surface area contributed by atoms with Gasteiger partial charge in [-0.15, -0.1) is 0 Å². The van der Waals surface area contributed by atoms with Crippen molar-refractivity contribution < 1.29 is 18.7 Å². The average Bonchev–Trinajstić information content (AvgIpc) is 2.49. The molecule has 0 unspecified atom stereocenters. The van der Waals surface area contributed by atoms with Crippen molar-refractivity contribution in [3.8, 4) is 5.75 Å². The van der Waals surface area contributed by atoms with Crippen LogP contribution >= 0.6 is 11.6 Å². The Morgan fingerprint density at radius 2 is 1.83 bits per heavy atom. The van der Waals surface area contributed by atoms with E-state index >= 15 is 0 Å². The Kier molecular flexibility index (Phi) is 5.34. The van der Waals surface area contributed by atoms with E-state index in [1.807, 2.05) is 0 Å². The van der Waals surface area contributed by atoms with Crippen LogP contribution < -0.4 is 10.1 Å². The van der Waals surface area contributed by atoms with Gasteiger partial charge in [0.25, 0.3) is 0 Å². The number of hydrogen-bond donors (Lipinski definition) is 1. The van der Waals surface area contributed by atoms with Crippen LogP contribution in [0.25, 0.3) is 0 Å². The summed E-state index contributed by atoms with van der Waals surface area (Å²) in [6, 6.07) is 10.2. The third kappa shape index (κ3) is 4.53. The minimum Gasteiger partial charge on any atom is -0.481 e. The van der Waals surface area contributed by atoms with E-state index in [1.165, 1.54) is 19.1 Å². The summed E-state index contributed by atoms with van der Waals surface area (Å²) >= 11 is 5.88. The highest BCUT2D eigenvalue weighted by Crippen LogP contribution is 2.26. The maximum atomic E-state index is 13.0. The Hall–Kier alpha value is -2.40. The van der Waals surface area contributed by atoms with Crippen LogP contribution in [0.5, 0.6) is 5.75 Å². The van der Waals surface area contributed by atoms with Gasteiger partial charge in [0.2, 0.25) is 11.7 Å². The predicted octanol–water partition coefficient (Wildman–Crippen LogP) is 4.09. The van der Waals surface area contributed by atoms with Crippen LogP contribution in [0.3, 0.4) is 0 Å². The summed E-state index contributed by atoms with van der Waals surface area (Å²) in [6.45, 7) is 2.99. The molecule has 2 rings (SSSR count). The molecule has 0 aliphatic rings. The Balaban J connectivity index is 2.08. The topological polar surface area (TPSA) is 55.4 Å². The van der Waals surface area contributed by atoms with Crippen LogP contribution in [0.4, 0.5) is 10.1 Å². The van der Waals surface area contributed by atoms with Gasteiger partial charge >= 0.3 is 0 Å². The van der Waals surface area contributed by atoms with Crippen molar-refractivity contribution in [2.45, 2.75) is 20.0 Å². The molecule has 0 aromatic heterocycles. The van der Waals surface area contributed by atoms with Gasteiger partial charge in [0.1, 0.15) is 11.6 Å². The molecule has 0 aliphatic carbocycles. The zero-order valence-electron chi connectivity index (χ0n) is 12.6. The number of Topliss-reactive ketones (excluding diaryl/α,β-unsaturated/α-hetero) is 1. The highest BCUT2D eigenvalue weighted by atomic mass is 35.5. The number of anilines is 1. The molecular weight excluding hydrogens is 321 g/mol. The molecule has 120 valence electrons. The summed E-state index contributed by atoms with van der Waals surface area (Å²) < 4.78 is 18.5. The van der Waals surface area contributed by atoms with E-state index in [0.29, 0.717) is 11.3 Å². The predicted molar refractivity (Wildman–Crippen MR) is 86.6 cm³/mol. The maximum Gasteiger partial charge on any atom is 0.221 e. The minimum absolute atomic E-state index is 0.102. The molecule has 0 saturated carbocycles. The fraction of sp³-hybridized carbons (Fsp3) is 0.176. The second kappa shape index (κ2) is 7.24. The van der Waals surface area contributed by atoms with Crippen molar-refractivity contribution in [2.75, 3.05) is 5.32 Å². The van der Waals surface area contributed by atoms with Crippen molar-refractivity contribution in [2.24, 2.45) is 0 Å². The minimum atomic E-state index is -0.787. The highest BCUT2D eigenvalue weighted by Gasteiger charge is 2.18. The lowest BCUT2D eigenvalue weighted by Crippen LogP contribution is -2.24. The van der Waals surface area contributed by atoms with E-state index in [9.17, 15) is 14.0 Å². The first kappa shape index (κ1) is 17.0. The van der Waals surface area contributed by atoms with E-state index in [1.54, 1.807) is 31.2 Å². The normalized spacial score (nSPS) is 11.7. The van der Waals surface area contributed by atoms with Crippen LogP contribution in [-0.2, 0) is 4.79 Å². The molecule has 1 atom stereocenters. The Morgan fingerprint density at radius 1 is 1.17 bits per heavy atom. The van der Waals surface area contributed by atoms with Gasteiger partial charge in [0, 0.05) is 18.2 Å². The van der Waals surface area contributed by atoms with Crippen molar-refractivity contribution in [1.29, 1.82) is 0 Å². The summed E-state index contributed by atoms with van der Waals surface area (Å²) in [5.41, 5.74) is 1.04. The number of halogens is 2. The SMILES string of the molecule is CC(=O)Nc1ccc(C(=O)[C@@H](C)Oc2ccc(F)cc2Cl)cc1. The van der Waals surface area contributed by atoms with Crippen molar-refractivity contribution in [1.82, 2.24) is 0 Å². The molecule has 0 aliphatic heterocycles. The van der Waals surface area contributed by atoms with Crippen molar-refractivity contribution in [3.63, 3.8) is 0 Å². The van der Waals surface area contributed by atoms with Crippen LogP contribution in [0.1, 0.15) is 24.2 Å². The number of hydrogen-bond acceptors (Lipinski definition) is 3. The van der Waals surface area contributed by atoms with Gasteiger partial charge in [-0.3, -0.25) is 9.59 Å². The first-order valence-corrected chi connectivity index (χ1v) is 7.28. The molecule has 6 heteroatoms. The van der Waals surface area contributed by atoms with Crippen LogP contribution in [-0.4, -0.2) is 17.8 Å². The fourth-order valence-corrected chi connectivity index (χ4v) is 2.18. The fourth-order valence-electron chi connectivity index (χ4n) is 1.97. The Labute approximate surface area is 138 Å². The van der Waals surface area contributed by atoms with Gasteiger partial charge in [-0.05, 0) is 49.4 Å². The van der Waals surface area contributed by atoms with E-state index in [-0.39, 0.29) is 22.5 Å². The zero-order chi connectivity index (χ0) is 17.0. The first-order valence-electron chi connectivity index (χ1n) is 6.90. The van der Waals surface area contributed by atoms with E-state index in [0.717, 1.165) is 6.07 Å². The molecule has 4 nitrogen and oxygen atoms in total. The molecule has 0 spiro atoms. The molecule has 0 radical (unpaired) electrons. The molecule has 0 bridgehead atoms. The number of carbonyl (C=O) groups excluding carboxylic acids is 2. The molecule has 0 heterocycles. The monoisotopic (exact) mass is 335 g/mol. The lowest BCUT2D eigenvalue weighted by atomic mass is 10.1. The van der Waals surface area contributed by atoms with Gasteiger partial charge < -0.3 is 10.1 Å². The van der Waals surface area contributed by atoms with Crippen LogP contribution in [0.2, 0.25) is 5.02 Å². The Morgan fingerprint density at radius 3 is 2.39 bits per heavy atom. The molecule has 0 fully saturated rings. The lowest BCUT2D eigenvalue weighted by molar-refractivity contribution is -0.114. The van der Waals surface area contributed by atoms with Gasteiger partial charge in [-0.25, -0.2) is 4.39 Å². The van der Waals surface area contributed by atoms with E-state index in [4.69, 9.17) is 16.3 Å². The first-order chi connectivity index (χ1) is 10.9. The second-order valence-corrected chi connectivity index (χ2v) is 5.36. The number of amides is 1. The maximum absolute atomic E-state index is 13.0. The van der Waals surface area contributed by atoms with Gasteiger partial charge in [-0.1, -0.05) is 11.6 Å². The number of benzene rings is 2. The molecule has 0 saturated heterocycles. The summed E-state index contributed by atoms with van der Waals surface area (Å²) in [5.74, 6) is -0.676. The highest BCUT2D eigenvalue weighted by molar-refractivity contribution is 6.32. The van der Waals surface area contributed by atoms with Gasteiger partial charge in [0.05, 0.1) is 5.02 Å². The molecule has 1 N–H and O–H groups in total. The number of nitrogens with one attached hydrogen (secondary N) is 1. The summed E-state index contributed by atoms with van der Waals surface area (Å²) in [7, 11) is 0. The second-order valence-electron chi connectivity index (χ2n) is 4.96. The number of ketones is 1. The molecule has 1 amide bonds. The van der Waals surface area contributed by atoms with Crippen LogP contribution in [0, 0.1) is 5.82 Å². The quantitative estimate of drug-likeness (QED) is 0.837. The summed E-state index contributed by atoms with van der Waals surface area (Å²) in [4.78, 5) is 23.3. The van der Waals surface area contributed by atoms with Crippen molar-refractivity contribution >= 4 is 29.0 Å². The van der Waals surface area contributed by atoms with Gasteiger partial charge in [0.15, 0.2) is 6.10 Å². The summed E-state index contributed by atoms with van der Waals surface area (Å²) in [5, 5.41) is 2.72. The molecule has 2 aromatic rings. The number of carbonyl (C=O) groups is 2. The lowest BCUT2D eigenvalue weighted by Gasteiger charge is -2.15. The molecule has 2 aromatic carbocycles. The van der Waals surface area contributed by atoms with E-state index < -0.39 is 11.9 Å². The third-order valence-corrected chi connectivity index (χ3v) is 3.35. The van der Waals surface area contributed by atoms with Crippen LogP contribution in [0.15, 0.2) is 42.5 Å². The third-order valence-electron chi connectivity index (χ3n) is 3.06. The number of rotatable bonds is 5. The Bertz CT molecular complexity index is 731. The largest absolute Gasteiger partial charge is 0.481 e. The van der Waals surface area contributed by atoms with Gasteiger partial charge in [-0.2, -0.15) is 0 Å². The van der Waals surface area contributed by atoms with E-state index in [2.05, 4.69) is 5.32 Å². The standard InChI is InChI=1S/C17H15ClFNO3/c1-10(23-16-8-5-13(19)9-15(16)18)17(22)12-3-6-14(7-4-12)20-11(2)21/h3-10H,1-2H3,(H,20,21)/t10-/m1/s1. The molecule has 23 heavy (non-hydrogen) atoms. The van der Waals surface area contributed by atoms with Crippen molar-refractivity contribution in [3.05, 3.63) is 58.9 Å². The zero-order valence-corrected chi connectivity index (χ0v) is 13.4. The smallest absolute Gasteiger partial charge is 0.221 e. The number of ether oxygens (including phenoxy) is 1. The summed E-state index contributed by atoms with van der Waals surface area (Å²) in [6.07, 6.45) is -0.787. The molecular formula is C17H15ClFNO3. The average molecular weight is 336 g/mol.